The molecule has 0 saturated carbocycles. The van der Waals surface area contributed by atoms with E-state index in [1.165, 1.54) is 0 Å². The Morgan fingerprint density at radius 3 is 2.88 bits per heavy atom. The van der Waals surface area contributed by atoms with Crippen LogP contribution in [-0.4, -0.2) is 51.0 Å². The third kappa shape index (κ3) is 2.40. The van der Waals surface area contributed by atoms with Gasteiger partial charge in [0.05, 0.1) is 11.6 Å². The number of ether oxygens (including phenoxy) is 2. The van der Waals surface area contributed by atoms with Crippen molar-refractivity contribution in [3.05, 3.63) is 41.7 Å². The molecule has 2 aromatic heterocycles. The number of carbonyl (C=O) groups excluding carboxylic acids is 1. The van der Waals surface area contributed by atoms with Gasteiger partial charge in [-0.2, -0.15) is 10.1 Å². The second-order valence-electron chi connectivity index (χ2n) is 6.32. The number of likely N-dealkylation sites (tertiary alicyclic amines) is 1. The lowest BCUT2D eigenvalue weighted by Crippen LogP contribution is -2.48. The van der Waals surface area contributed by atoms with E-state index in [-0.39, 0.29) is 18.6 Å². The van der Waals surface area contributed by atoms with Crippen molar-refractivity contribution in [1.82, 2.24) is 25.2 Å². The van der Waals surface area contributed by atoms with Gasteiger partial charge < -0.3 is 18.9 Å². The lowest BCUT2D eigenvalue weighted by atomic mass is 9.99. The standard InChI is InChI=1S/C17H15N5O4/c1-9-18-16(26-21-9)11-6-22(7-11)17(23)13-5-12(19-20-13)10-2-3-14-15(4-10)25-8-24-14/h2-5,11H,6-8H2,1H3,(H,19,20). The zero-order valence-electron chi connectivity index (χ0n) is 13.9. The monoisotopic (exact) mass is 353 g/mol. The van der Waals surface area contributed by atoms with E-state index in [1.807, 2.05) is 18.2 Å². The van der Waals surface area contributed by atoms with Crippen LogP contribution in [0, 0.1) is 6.92 Å². The highest BCUT2D eigenvalue weighted by molar-refractivity contribution is 5.94. The van der Waals surface area contributed by atoms with Crippen molar-refractivity contribution in [3.8, 4) is 22.8 Å². The molecule has 0 spiro atoms. The fraction of sp³-hybridized carbons (Fsp3) is 0.294. The maximum Gasteiger partial charge on any atom is 0.271 e. The minimum absolute atomic E-state index is 0.0939. The van der Waals surface area contributed by atoms with E-state index in [2.05, 4.69) is 20.3 Å². The lowest BCUT2D eigenvalue weighted by molar-refractivity contribution is 0.0563. The molecular weight excluding hydrogens is 338 g/mol. The number of rotatable bonds is 3. The Kier molecular flexibility index (Phi) is 3.21. The van der Waals surface area contributed by atoms with Crippen LogP contribution in [0.5, 0.6) is 11.5 Å². The first-order chi connectivity index (χ1) is 12.7. The summed E-state index contributed by atoms with van der Waals surface area (Å²) in [7, 11) is 0. The second kappa shape index (κ2) is 5.58. The number of H-pyrrole nitrogens is 1. The Labute approximate surface area is 147 Å². The average Bonchev–Trinajstić information content (AvgIpc) is 3.33. The summed E-state index contributed by atoms with van der Waals surface area (Å²) in [6.07, 6.45) is 0. The van der Waals surface area contributed by atoms with Gasteiger partial charge in [-0.25, -0.2) is 0 Å². The Hall–Kier alpha value is -3.36. The summed E-state index contributed by atoms with van der Waals surface area (Å²) in [5, 5.41) is 10.8. The Morgan fingerprint density at radius 2 is 2.08 bits per heavy atom. The molecule has 1 fully saturated rings. The van der Waals surface area contributed by atoms with Crippen LogP contribution < -0.4 is 9.47 Å². The first kappa shape index (κ1) is 14.9. The van der Waals surface area contributed by atoms with E-state index in [0.717, 1.165) is 5.56 Å². The molecule has 1 aromatic carbocycles. The van der Waals surface area contributed by atoms with Gasteiger partial charge in [0, 0.05) is 18.7 Å². The summed E-state index contributed by atoms with van der Waals surface area (Å²) in [5.41, 5.74) is 1.97. The summed E-state index contributed by atoms with van der Waals surface area (Å²) >= 11 is 0. The molecule has 0 unspecified atom stereocenters. The van der Waals surface area contributed by atoms with E-state index in [1.54, 1.807) is 17.9 Å². The first-order valence-corrected chi connectivity index (χ1v) is 8.22. The van der Waals surface area contributed by atoms with E-state index in [9.17, 15) is 4.79 Å². The number of aromatic nitrogens is 4. The summed E-state index contributed by atoms with van der Waals surface area (Å²) < 4.78 is 15.8. The second-order valence-corrected chi connectivity index (χ2v) is 6.32. The Bertz CT molecular complexity index is 989. The van der Waals surface area contributed by atoms with Crippen molar-refractivity contribution < 1.29 is 18.8 Å². The molecular formula is C17H15N5O4. The van der Waals surface area contributed by atoms with Gasteiger partial charge in [-0.3, -0.25) is 9.89 Å². The number of nitrogens with one attached hydrogen (secondary N) is 1. The molecule has 9 nitrogen and oxygen atoms in total. The van der Waals surface area contributed by atoms with Gasteiger partial charge in [-0.15, -0.1) is 0 Å². The van der Waals surface area contributed by atoms with Gasteiger partial charge in [0.15, 0.2) is 17.3 Å². The fourth-order valence-corrected chi connectivity index (χ4v) is 3.08. The van der Waals surface area contributed by atoms with Crippen LogP contribution in [0.15, 0.2) is 28.8 Å². The van der Waals surface area contributed by atoms with Crippen LogP contribution in [0.25, 0.3) is 11.3 Å². The number of hydrogen-bond acceptors (Lipinski definition) is 7. The maximum atomic E-state index is 12.6. The molecule has 0 aliphatic carbocycles. The lowest BCUT2D eigenvalue weighted by Gasteiger charge is -2.36. The molecule has 1 N–H and O–H groups in total. The number of aryl methyl sites for hydroxylation is 1. The Morgan fingerprint density at radius 1 is 1.23 bits per heavy atom. The largest absolute Gasteiger partial charge is 0.454 e. The third-order valence-corrected chi connectivity index (χ3v) is 4.54. The highest BCUT2D eigenvalue weighted by atomic mass is 16.7. The molecule has 4 heterocycles. The van der Waals surface area contributed by atoms with Crippen molar-refractivity contribution in [1.29, 1.82) is 0 Å². The first-order valence-electron chi connectivity index (χ1n) is 8.22. The molecule has 0 atom stereocenters. The molecule has 0 bridgehead atoms. The van der Waals surface area contributed by atoms with Crippen molar-refractivity contribution in [2.75, 3.05) is 19.9 Å². The molecule has 132 valence electrons. The van der Waals surface area contributed by atoms with Crippen molar-refractivity contribution in [2.45, 2.75) is 12.8 Å². The van der Waals surface area contributed by atoms with Gasteiger partial charge in [-0.1, -0.05) is 5.16 Å². The van der Waals surface area contributed by atoms with Crippen LogP contribution in [0.4, 0.5) is 0 Å². The molecule has 1 saturated heterocycles. The minimum atomic E-state index is -0.100. The number of aromatic amines is 1. The van der Waals surface area contributed by atoms with Gasteiger partial charge >= 0.3 is 0 Å². The molecule has 3 aromatic rings. The number of nitrogens with zero attached hydrogens (tertiary/aromatic N) is 4. The zero-order valence-corrected chi connectivity index (χ0v) is 13.9. The smallest absolute Gasteiger partial charge is 0.271 e. The van der Waals surface area contributed by atoms with Gasteiger partial charge in [0.25, 0.3) is 5.91 Å². The van der Waals surface area contributed by atoms with E-state index in [0.29, 0.717) is 47.7 Å². The minimum Gasteiger partial charge on any atom is -0.454 e. The molecule has 0 radical (unpaired) electrons. The normalized spacial score (nSPS) is 16.0. The number of fused-ring (bicyclic) bond motifs is 1. The van der Waals surface area contributed by atoms with Crippen LogP contribution in [0.3, 0.4) is 0 Å². The van der Waals surface area contributed by atoms with E-state index >= 15 is 0 Å². The van der Waals surface area contributed by atoms with Crippen LogP contribution in [0.1, 0.15) is 28.1 Å². The Balaban J connectivity index is 1.29. The molecule has 2 aliphatic rings. The summed E-state index contributed by atoms with van der Waals surface area (Å²) in [6.45, 7) is 3.10. The van der Waals surface area contributed by atoms with Crippen LogP contribution in [-0.2, 0) is 0 Å². The quantitative estimate of drug-likeness (QED) is 0.764. The molecule has 1 amide bonds. The highest BCUT2D eigenvalue weighted by Crippen LogP contribution is 2.35. The van der Waals surface area contributed by atoms with Gasteiger partial charge in [0.1, 0.15) is 5.69 Å². The SMILES string of the molecule is Cc1noc(C2CN(C(=O)c3cc(-c4ccc5c(c4)OCO5)n[nH]3)C2)n1. The zero-order chi connectivity index (χ0) is 17.7. The number of carbonyl (C=O) groups is 1. The highest BCUT2D eigenvalue weighted by Gasteiger charge is 2.36. The van der Waals surface area contributed by atoms with E-state index in [4.69, 9.17) is 14.0 Å². The van der Waals surface area contributed by atoms with Crippen LogP contribution >= 0.6 is 0 Å². The summed E-state index contributed by atoms with van der Waals surface area (Å²) in [5.74, 6) is 2.57. The summed E-state index contributed by atoms with van der Waals surface area (Å²) in [6, 6.07) is 7.31. The number of amides is 1. The average molecular weight is 353 g/mol. The molecule has 9 heteroatoms. The van der Waals surface area contributed by atoms with Gasteiger partial charge in [-0.05, 0) is 31.2 Å². The maximum absolute atomic E-state index is 12.6. The van der Waals surface area contributed by atoms with Crippen LogP contribution in [0.2, 0.25) is 0 Å². The fourth-order valence-electron chi connectivity index (χ4n) is 3.08. The van der Waals surface area contributed by atoms with E-state index < -0.39 is 0 Å². The number of benzene rings is 1. The van der Waals surface area contributed by atoms with Crippen molar-refractivity contribution in [2.24, 2.45) is 0 Å². The molecule has 2 aliphatic heterocycles. The third-order valence-electron chi connectivity index (χ3n) is 4.54. The molecule has 26 heavy (non-hydrogen) atoms. The predicted octanol–water partition coefficient (Wildman–Crippen LogP) is 1.74. The molecule has 5 rings (SSSR count). The topological polar surface area (TPSA) is 106 Å². The predicted molar refractivity (Wildman–Crippen MR) is 87.8 cm³/mol. The summed E-state index contributed by atoms with van der Waals surface area (Å²) in [4.78, 5) is 18.5. The number of hydrogen-bond donors (Lipinski definition) is 1. The van der Waals surface area contributed by atoms with Crippen molar-refractivity contribution in [3.63, 3.8) is 0 Å². The van der Waals surface area contributed by atoms with Crippen molar-refractivity contribution >= 4 is 5.91 Å². The van der Waals surface area contributed by atoms with Gasteiger partial charge in [0.2, 0.25) is 12.7 Å².